The Bertz CT molecular complexity index is 670. The quantitative estimate of drug-likeness (QED) is 0.403. The molecule has 1 N–H and O–H groups in total. The number of benzene rings is 2. The first kappa shape index (κ1) is 21.5. The van der Waals surface area contributed by atoms with Crippen LogP contribution in [0.2, 0.25) is 0 Å². The number of rotatable bonds is 11. The molecule has 0 amide bonds. The molecule has 2 aromatic rings. The van der Waals surface area contributed by atoms with E-state index >= 15 is 0 Å². The van der Waals surface area contributed by atoms with E-state index in [-0.39, 0.29) is 0 Å². The monoisotopic (exact) mass is 366 g/mol. The van der Waals surface area contributed by atoms with Crippen LogP contribution in [0.25, 0.3) is 0 Å². The molecule has 0 radical (unpaired) electrons. The van der Waals surface area contributed by atoms with Crippen molar-refractivity contribution >= 4 is 0 Å². The third-order valence-electron chi connectivity index (χ3n) is 5.55. The van der Waals surface area contributed by atoms with Crippen molar-refractivity contribution in [1.29, 1.82) is 0 Å². The van der Waals surface area contributed by atoms with E-state index < -0.39 is 0 Å². The predicted molar refractivity (Wildman–Crippen MR) is 118 cm³/mol. The van der Waals surface area contributed by atoms with Crippen LogP contribution in [0, 0.1) is 0 Å². The summed E-state index contributed by atoms with van der Waals surface area (Å²) in [7, 11) is 0. The lowest BCUT2D eigenvalue weighted by atomic mass is 9.84. The molecular weight excluding hydrogens is 328 g/mol. The molecule has 0 saturated carbocycles. The number of phenols is 1. The standard InChI is InChI=1S/C26H38O/c1-20(2)23-18-19-25(27)24(26(23)21(3)4)17-13-8-6-5-7-10-14-22-15-11-9-12-16-22/h9,11-12,15-16,18-21,27H,5-8,10,13-14,17H2,1-4H3. The largest absolute Gasteiger partial charge is 0.508 e. The number of phenolic OH excluding ortho intramolecular Hbond substituents is 1. The summed E-state index contributed by atoms with van der Waals surface area (Å²) in [5.41, 5.74) is 5.44. The van der Waals surface area contributed by atoms with Crippen molar-refractivity contribution in [2.75, 3.05) is 0 Å². The Morgan fingerprint density at radius 3 is 1.85 bits per heavy atom. The minimum Gasteiger partial charge on any atom is -0.508 e. The van der Waals surface area contributed by atoms with Crippen molar-refractivity contribution in [2.45, 2.75) is 90.9 Å². The van der Waals surface area contributed by atoms with Crippen molar-refractivity contribution in [3.8, 4) is 5.75 Å². The lowest BCUT2D eigenvalue weighted by molar-refractivity contribution is 0.463. The summed E-state index contributed by atoms with van der Waals surface area (Å²) in [6.07, 6.45) is 9.87. The Morgan fingerprint density at radius 1 is 0.667 bits per heavy atom. The van der Waals surface area contributed by atoms with E-state index in [1.165, 1.54) is 67.2 Å². The summed E-state index contributed by atoms with van der Waals surface area (Å²) >= 11 is 0. The molecule has 0 bridgehead atoms. The number of hydrogen-bond donors (Lipinski definition) is 1. The van der Waals surface area contributed by atoms with Gasteiger partial charge in [-0.1, -0.05) is 89.8 Å². The maximum atomic E-state index is 10.4. The Hall–Kier alpha value is -1.76. The molecule has 0 aliphatic rings. The summed E-state index contributed by atoms with van der Waals surface area (Å²) in [6.45, 7) is 8.99. The van der Waals surface area contributed by atoms with Crippen LogP contribution in [-0.2, 0) is 12.8 Å². The second-order valence-electron chi connectivity index (χ2n) is 8.48. The van der Waals surface area contributed by atoms with Gasteiger partial charge >= 0.3 is 0 Å². The van der Waals surface area contributed by atoms with Crippen LogP contribution in [0.15, 0.2) is 42.5 Å². The van der Waals surface area contributed by atoms with Gasteiger partial charge in [-0.25, -0.2) is 0 Å². The number of aryl methyl sites for hydroxylation is 1. The third kappa shape index (κ3) is 6.72. The third-order valence-corrected chi connectivity index (χ3v) is 5.55. The summed E-state index contributed by atoms with van der Waals surface area (Å²) < 4.78 is 0. The summed E-state index contributed by atoms with van der Waals surface area (Å²) in [5, 5.41) is 10.4. The fourth-order valence-electron chi connectivity index (χ4n) is 4.10. The molecule has 0 spiro atoms. The van der Waals surface area contributed by atoms with E-state index in [9.17, 15) is 5.11 Å². The van der Waals surface area contributed by atoms with Crippen molar-refractivity contribution in [2.24, 2.45) is 0 Å². The highest BCUT2D eigenvalue weighted by atomic mass is 16.3. The highest BCUT2D eigenvalue weighted by Crippen LogP contribution is 2.35. The van der Waals surface area contributed by atoms with Gasteiger partial charge in [0.05, 0.1) is 0 Å². The first-order valence-corrected chi connectivity index (χ1v) is 10.9. The summed E-state index contributed by atoms with van der Waals surface area (Å²) in [5.74, 6) is 1.46. The Kier molecular flexibility index (Phi) is 8.91. The number of aromatic hydroxyl groups is 1. The van der Waals surface area contributed by atoms with Gasteiger partial charge in [-0.15, -0.1) is 0 Å². The SMILES string of the molecule is CC(C)c1ccc(O)c(CCCCCCCCc2ccccc2)c1C(C)C. The maximum Gasteiger partial charge on any atom is 0.119 e. The second kappa shape index (κ2) is 11.2. The maximum absolute atomic E-state index is 10.4. The van der Waals surface area contributed by atoms with Crippen LogP contribution in [0.1, 0.15) is 100 Å². The molecule has 2 aromatic carbocycles. The molecule has 0 fully saturated rings. The van der Waals surface area contributed by atoms with E-state index in [0.29, 0.717) is 17.6 Å². The van der Waals surface area contributed by atoms with Gasteiger partial charge in [-0.2, -0.15) is 0 Å². The molecule has 0 aliphatic heterocycles. The van der Waals surface area contributed by atoms with Gasteiger partial charge in [0.15, 0.2) is 0 Å². The van der Waals surface area contributed by atoms with E-state index in [1.54, 1.807) is 0 Å². The van der Waals surface area contributed by atoms with Crippen LogP contribution in [0.3, 0.4) is 0 Å². The Morgan fingerprint density at radius 2 is 1.26 bits per heavy atom. The lowest BCUT2D eigenvalue weighted by Gasteiger charge is -2.21. The first-order valence-electron chi connectivity index (χ1n) is 10.9. The lowest BCUT2D eigenvalue weighted by Crippen LogP contribution is -2.04. The topological polar surface area (TPSA) is 20.2 Å². The van der Waals surface area contributed by atoms with Gasteiger partial charge in [-0.05, 0) is 65.8 Å². The molecule has 0 heterocycles. The Balaban J connectivity index is 1.74. The molecule has 0 unspecified atom stereocenters. The molecule has 0 atom stereocenters. The van der Waals surface area contributed by atoms with Gasteiger partial charge in [0.1, 0.15) is 5.75 Å². The smallest absolute Gasteiger partial charge is 0.119 e. The minimum absolute atomic E-state index is 0.461. The average Bonchev–Trinajstić information content (AvgIpc) is 2.65. The Labute approximate surface area is 166 Å². The van der Waals surface area contributed by atoms with Crippen molar-refractivity contribution in [3.05, 3.63) is 64.7 Å². The zero-order valence-corrected chi connectivity index (χ0v) is 17.8. The van der Waals surface area contributed by atoms with Crippen molar-refractivity contribution in [3.63, 3.8) is 0 Å². The van der Waals surface area contributed by atoms with E-state index in [0.717, 1.165) is 6.42 Å². The molecule has 0 saturated heterocycles. The second-order valence-corrected chi connectivity index (χ2v) is 8.48. The highest BCUT2D eigenvalue weighted by molar-refractivity contribution is 5.47. The van der Waals surface area contributed by atoms with Crippen molar-refractivity contribution in [1.82, 2.24) is 0 Å². The molecule has 2 rings (SSSR count). The van der Waals surface area contributed by atoms with Gasteiger partial charge in [-0.3, -0.25) is 0 Å². The molecule has 0 aromatic heterocycles. The van der Waals surface area contributed by atoms with Gasteiger partial charge in [0, 0.05) is 0 Å². The molecule has 0 aliphatic carbocycles. The van der Waals surface area contributed by atoms with Crippen LogP contribution in [0.5, 0.6) is 5.75 Å². The zero-order chi connectivity index (χ0) is 19.6. The van der Waals surface area contributed by atoms with Gasteiger partial charge in [0.2, 0.25) is 0 Å². The number of unbranched alkanes of at least 4 members (excludes halogenated alkanes) is 5. The van der Waals surface area contributed by atoms with Crippen LogP contribution in [0.4, 0.5) is 0 Å². The zero-order valence-electron chi connectivity index (χ0n) is 17.8. The van der Waals surface area contributed by atoms with Crippen molar-refractivity contribution < 1.29 is 5.11 Å². The minimum atomic E-state index is 0.461. The normalized spacial score (nSPS) is 11.5. The van der Waals surface area contributed by atoms with Crippen LogP contribution < -0.4 is 0 Å². The van der Waals surface area contributed by atoms with Crippen LogP contribution in [-0.4, -0.2) is 5.11 Å². The fourth-order valence-corrected chi connectivity index (χ4v) is 4.10. The number of hydrogen-bond acceptors (Lipinski definition) is 1. The summed E-state index contributed by atoms with van der Waals surface area (Å²) in [6, 6.07) is 14.8. The first-order chi connectivity index (χ1) is 13.0. The average molecular weight is 367 g/mol. The summed E-state index contributed by atoms with van der Waals surface area (Å²) in [4.78, 5) is 0. The van der Waals surface area contributed by atoms with E-state index in [1.807, 2.05) is 6.07 Å². The van der Waals surface area contributed by atoms with Crippen LogP contribution >= 0.6 is 0 Å². The van der Waals surface area contributed by atoms with Gasteiger partial charge in [0.25, 0.3) is 0 Å². The van der Waals surface area contributed by atoms with E-state index in [2.05, 4.69) is 64.1 Å². The molecular formula is C26H38O. The molecule has 27 heavy (non-hydrogen) atoms. The molecule has 1 nitrogen and oxygen atoms in total. The van der Waals surface area contributed by atoms with E-state index in [4.69, 9.17) is 0 Å². The fraction of sp³-hybridized carbons (Fsp3) is 0.538. The predicted octanol–water partition coefficient (Wildman–Crippen LogP) is 7.76. The molecule has 1 heteroatoms. The molecule has 148 valence electrons. The highest BCUT2D eigenvalue weighted by Gasteiger charge is 2.17. The van der Waals surface area contributed by atoms with Gasteiger partial charge < -0.3 is 5.11 Å².